The number of hydrogen-bond acceptors (Lipinski definition) is 17. The first-order valence-corrected chi connectivity index (χ1v) is 22.8. The number of rotatable bonds is 6. The number of thioether (sulfide) groups is 1. The van der Waals surface area contributed by atoms with E-state index in [1.165, 1.54) is 28.1 Å². The molecule has 286 valence electrons. The number of imidazole rings is 1. The molecule has 0 aromatic carbocycles. The second-order valence-electron chi connectivity index (χ2n) is 12.6. The largest absolute Gasteiger partial charge is 0.387 e. The fourth-order valence-corrected chi connectivity index (χ4v) is 10.7. The molecule has 3 fully saturated rings. The Bertz CT molecular complexity index is 2210. The smallest absolute Gasteiger partial charge is 0.386 e. The Morgan fingerprint density at radius 1 is 1.08 bits per heavy atom. The van der Waals surface area contributed by atoms with E-state index < -0.39 is 81.2 Å². The number of nitrogens with one attached hydrogen (secondary N) is 1. The molecule has 25 heteroatoms. The molecule has 8 rings (SSSR count). The van der Waals surface area contributed by atoms with Gasteiger partial charge in [-0.2, -0.15) is 0 Å². The molecule has 0 aliphatic carbocycles. The lowest BCUT2D eigenvalue weighted by Crippen LogP contribution is -2.35. The Hall–Kier alpha value is -2.34. The van der Waals surface area contributed by atoms with E-state index in [4.69, 9.17) is 44.5 Å². The van der Waals surface area contributed by atoms with Crippen LogP contribution in [0.15, 0.2) is 35.0 Å². The van der Waals surface area contributed by atoms with Crippen molar-refractivity contribution in [3.05, 3.63) is 41.1 Å². The Morgan fingerprint density at radius 2 is 1.91 bits per heavy atom. The third-order valence-corrected chi connectivity index (χ3v) is 13.5. The topological polar surface area (TPSA) is 246 Å². The van der Waals surface area contributed by atoms with Gasteiger partial charge < -0.3 is 43.5 Å². The molecule has 1 amide bonds. The highest BCUT2D eigenvalue weighted by atomic mass is 32.7. The van der Waals surface area contributed by atoms with Gasteiger partial charge in [0.25, 0.3) is 5.56 Å². The summed E-state index contributed by atoms with van der Waals surface area (Å²) in [5, 5.41) is 24.6. The zero-order valence-corrected chi connectivity index (χ0v) is 31.8. The molecular weight excluding hydrogens is 799 g/mol. The van der Waals surface area contributed by atoms with E-state index in [0.29, 0.717) is 5.65 Å². The molecule has 8 heterocycles. The van der Waals surface area contributed by atoms with Crippen molar-refractivity contribution in [3.63, 3.8) is 0 Å². The molecule has 9 atom stereocenters. The van der Waals surface area contributed by atoms with Gasteiger partial charge in [0.1, 0.15) is 60.6 Å². The minimum Gasteiger partial charge on any atom is -0.387 e. The quantitative estimate of drug-likeness (QED) is 0.102. The number of thiol groups is 1. The van der Waals surface area contributed by atoms with Crippen LogP contribution in [0.5, 0.6) is 0 Å². The third kappa shape index (κ3) is 7.50. The van der Waals surface area contributed by atoms with Gasteiger partial charge in [0.15, 0.2) is 17.4 Å². The van der Waals surface area contributed by atoms with Gasteiger partial charge in [0.2, 0.25) is 5.91 Å². The zero-order chi connectivity index (χ0) is 37.1. The van der Waals surface area contributed by atoms with Crippen molar-refractivity contribution < 1.29 is 52.0 Å². The lowest BCUT2D eigenvalue weighted by molar-refractivity contribution is -0.123. The fraction of sp³-hybridized carbons (Fsp3) is 0.571. The summed E-state index contributed by atoms with van der Waals surface area (Å²) in [4.78, 5) is 53.3. The number of nitrogens with zero attached hydrogens (tertiary/aromatic N) is 7. The minimum atomic E-state index is -4.30. The summed E-state index contributed by atoms with van der Waals surface area (Å²) in [6, 6.07) is 0. The second-order valence-corrected chi connectivity index (χ2v) is 19.4. The number of hydrogen-bond donors (Lipinski definition) is 5. The number of carbonyl (C=O) groups is 1. The molecule has 2 unspecified atom stereocenters. The minimum absolute atomic E-state index is 0.0422. The summed E-state index contributed by atoms with van der Waals surface area (Å²) in [5.74, 6) is 0.344. The number of ether oxygens (including phenoxy) is 2. The maximum atomic E-state index is 13.8. The Balaban J connectivity index is 1.05. The fourth-order valence-electron chi connectivity index (χ4n) is 6.79. The highest BCUT2D eigenvalue weighted by molar-refractivity contribution is 8.44. The molecule has 4 aromatic heterocycles. The maximum absolute atomic E-state index is 13.8. The van der Waals surface area contributed by atoms with E-state index in [2.05, 4.69) is 37.5 Å². The van der Waals surface area contributed by atoms with Crippen LogP contribution in [0.4, 0.5) is 0 Å². The molecule has 0 spiro atoms. The van der Waals surface area contributed by atoms with E-state index >= 15 is 0 Å². The van der Waals surface area contributed by atoms with Crippen molar-refractivity contribution >= 4 is 77.4 Å². The molecular formula is C28H34N8O12P2S3. The van der Waals surface area contributed by atoms with E-state index in [0.717, 1.165) is 34.6 Å². The molecule has 2 bridgehead atoms. The number of amides is 1. The van der Waals surface area contributed by atoms with Crippen LogP contribution >= 0.6 is 37.5 Å². The molecule has 20 nitrogen and oxygen atoms in total. The van der Waals surface area contributed by atoms with Crippen LogP contribution in [0.2, 0.25) is 0 Å². The van der Waals surface area contributed by atoms with Crippen molar-refractivity contribution in [3.8, 4) is 0 Å². The number of aliphatic hydroxyl groups is 2. The molecule has 4 N–H and O–H groups in total. The highest BCUT2D eigenvalue weighted by Crippen LogP contribution is 2.58. The van der Waals surface area contributed by atoms with Gasteiger partial charge in [-0.15, -0.1) is 11.8 Å². The van der Waals surface area contributed by atoms with Gasteiger partial charge in [-0.3, -0.25) is 27.8 Å². The van der Waals surface area contributed by atoms with E-state index in [1.54, 1.807) is 11.8 Å². The van der Waals surface area contributed by atoms with Gasteiger partial charge in [-0.25, -0.2) is 24.5 Å². The Labute approximate surface area is 314 Å². The van der Waals surface area contributed by atoms with E-state index in [1.807, 2.05) is 10.8 Å². The number of aliphatic hydroxyl groups excluding tert-OH is 2. The summed E-state index contributed by atoms with van der Waals surface area (Å²) in [7, 11) is 0. The predicted octanol–water partition coefficient (Wildman–Crippen LogP) is 0.802. The van der Waals surface area contributed by atoms with Gasteiger partial charge in [0, 0.05) is 25.7 Å². The summed E-state index contributed by atoms with van der Waals surface area (Å²) < 4.78 is 53.9. The molecule has 4 aromatic rings. The van der Waals surface area contributed by atoms with Crippen LogP contribution in [0, 0.1) is 0 Å². The van der Waals surface area contributed by atoms with Gasteiger partial charge in [-0.05, 0) is 36.0 Å². The normalized spacial score (nSPS) is 33.5. The van der Waals surface area contributed by atoms with Gasteiger partial charge in [-0.1, -0.05) is 12.2 Å². The Morgan fingerprint density at radius 3 is 2.74 bits per heavy atom. The summed E-state index contributed by atoms with van der Waals surface area (Å²) in [5.41, 5.74) is 1.20. The summed E-state index contributed by atoms with van der Waals surface area (Å²) in [6.07, 6.45) is 0.123. The van der Waals surface area contributed by atoms with Crippen molar-refractivity contribution in [2.24, 2.45) is 0 Å². The summed E-state index contributed by atoms with van der Waals surface area (Å²) in [6.45, 7) is -9.73. The molecule has 3 saturated heterocycles. The van der Waals surface area contributed by atoms with Crippen molar-refractivity contribution in [1.82, 2.24) is 39.0 Å². The summed E-state index contributed by atoms with van der Waals surface area (Å²) >= 11 is 11.3. The zero-order valence-electron chi connectivity index (χ0n) is 27.5. The van der Waals surface area contributed by atoms with Gasteiger partial charge in [0.05, 0.1) is 31.0 Å². The number of aromatic nitrogens is 7. The lowest BCUT2D eigenvalue weighted by Gasteiger charge is -2.26. The van der Waals surface area contributed by atoms with Crippen molar-refractivity contribution in [2.75, 3.05) is 32.1 Å². The average Bonchev–Trinajstić information content (AvgIpc) is 3.86. The van der Waals surface area contributed by atoms with Crippen molar-refractivity contribution in [1.29, 1.82) is 0 Å². The van der Waals surface area contributed by atoms with Gasteiger partial charge >= 0.3 is 13.5 Å². The molecule has 0 radical (unpaired) electrons. The number of carbonyl (C=O) groups excluding carboxylic acids is 1. The van der Waals surface area contributed by atoms with E-state index in [-0.39, 0.29) is 37.3 Å². The molecule has 0 saturated carbocycles. The second kappa shape index (κ2) is 15.0. The SMILES string of the molecule is O=C(CO)NCCn1cnc2c(ncn2[C@@H]2O[C@@H]3COP(O)(=S)O[C@H]4C[C@H](n5cc6c7c(ncnc75)SCCC6)O[C@@H]4COP(=O)(S)O[C@@H]2[C@@H]3O)c1=O. The van der Waals surface area contributed by atoms with Crippen LogP contribution in [-0.4, -0.2) is 117 Å². The maximum Gasteiger partial charge on any atom is 0.386 e. The standard InChI is InChI=1S/C28H34N8O12P2S3/c37-8-18(38)29-3-4-34-12-33-25-21(27(34)40)32-13-36(25)28-23-22(39)17(46-28)10-44-49(41,51)47-15-6-19(45-16(15)9-43-50(42,52)48-23)35-7-14-2-1-5-53-26-20(14)24(35)30-11-31-26/h7,11-13,15-17,19,22-23,28,37,39H,1-6,8-10H2,(H,29,38)(H,41,51)(H,42,52)/t15-,16+,17+,19+,22+,23+,28+,49?,50?/m0/s1. The average molecular weight is 833 g/mol. The first-order valence-electron chi connectivity index (χ1n) is 16.5. The van der Waals surface area contributed by atoms with Crippen LogP contribution in [0.25, 0.3) is 22.2 Å². The van der Waals surface area contributed by atoms with Crippen LogP contribution in [0.3, 0.4) is 0 Å². The van der Waals surface area contributed by atoms with Crippen LogP contribution in [-0.2, 0) is 61.7 Å². The molecule has 4 aliphatic heterocycles. The highest BCUT2D eigenvalue weighted by Gasteiger charge is 2.51. The molecule has 4 aliphatic rings. The molecule has 53 heavy (non-hydrogen) atoms. The van der Waals surface area contributed by atoms with Crippen LogP contribution in [0.1, 0.15) is 30.9 Å². The first-order chi connectivity index (χ1) is 25.4. The Kier molecular flexibility index (Phi) is 10.6. The van der Waals surface area contributed by atoms with Crippen molar-refractivity contribution in [2.45, 2.75) is 73.8 Å². The van der Waals surface area contributed by atoms with E-state index in [9.17, 15) is 24.2 Å². The number of fused-ring (bicyclic) bond motifs is 4. The predicted molar refractivity (Wildman–Crippen MR) is 192 cm³/mol. The monoisotopic (exact) mass is 832 g/mol. The third-order valence-electron chi connectivity index (χ3n) is 9.26. The first kappa shape index (κ1) is 37.6. The number of aryl methyl sites for hydroxylation is 1. The lowest BCUT2D eigenvalue weighted by atomic mass is 10.1. The van der Waals surface area contributed by atoms with Crippen LogP contribution < -0.4 is 10.9 Å².